The maximum absolute atomic E-state index is 12.5. The van der Waals surface area contributed by atoms with Gasteiger partial charge in [0.25, 0.3) is 0 Å². The number of aryl methyl sites for hydroxylation is 2. The first-order valence-corrected chi connectivity index (χ1v) is 11.2. The van der Waals surface area contributed by atoms with Crippen molar-refractivity contribution in [3.05, 3.63) is 59.2 Å². The van der Waals surface area contributed by atoms with Crippen LogP contribution in [0.3, 0.4) is 0 Å². The average Bonchev–Trinajstić information content (AvgIpc) is 3.45. The molecule has 1 aliphatic carbocycles. The van der Waals surface area contributed by atoms with E-state index in [1.165, 1.54) is 0 Å². The summed E-state index contributed by atoms with van der Waals surface area (Å²) in [6.07, 6.45) is 2.72. The molecule has 0 heterocycles. The summed E-state index contributed by atoms with van der Waals surface area (Å²) in [6.45, 7) is 6.21. The van der Waals surface area contributed by atoms with Gasteiger partial charge in [0.05, 0.1) is 4.90 Å². The van der Waals surface area contributed by atoms with Crippen LogP contribution in [-0.2, 0) is 21.2 Å². The highest BCUT2D eigenvalue weighted by Crippen LogP contribution is 2.27. The summed E-state index contributed by atoms with van der Waals surface area (Å²) in [5.41, 5.74) is 4.02. The molecule has 0 spiro atoms. The highest BCUT2D eigenvalue weighted by Gasteiger charge is 2.27. The molecule has 0 radical (unpaired) electrons. The van der Waals surface area contributed by atoms with Crippen molar-refractivity contribution in [1.29, 1.82) is 0 Å². The lowest BCUT2D eigenvalue weighted by molar-refractivity contribution is -0.116. The fourth-order valence-corrected chi connectivity index (χ4v) is 4.43. The van der Waals surface area contributed by atoms with E-state index in [9.17, 15) is 13.2 Å². The molecule has 0 aliphatic heterocycles. The SMILES string of the molecule is Cc1cccc(C(C)C)c1NC(=O)CCc1ccc(S(=O)(=O)NC2CC2)cc1. The van der Waals surface area contributed by atoms with E-state index >= 15 is 0 Å². The third kappa shape index (κ3) is 5.20. The summed E-state index contributed by atoms with van der Waals surface area (Å²) in [4.78, 5) is 12.7. The second kappa shape index (κ2) is 8.45. The zero-order valence-electron chi connectivity index (χ0n) is 16.7. The van der Waals surface area contributed by atoms with E-state index in [-0.39, 0.29) is 16.8 Å². The Balaban J connectivity index is 1.59. The molecular weight excluding hydrogens is 372 g/mol. The number of hydrogen-bond acceptors (Lipinski definition) is 3. The van der Waals surface area contributed by atoms with Gasteiger partial charge in [-0.3, -0.25) is 4.79 Å². The summed E-state index contributed by atoms with van der Waals surface area (Å²) in [7, 11) is -3.43. The molecule has 3 rings (SSSR count). The summed E-state index contributed by atoms with van der Waals surface area (Å²) in [6, 6.07) is 12.9. The molecule has 2 aromatic rings. The summed E-state index contributed by atoms with van der Waals surface area (Å²) >= 11 is 0. The number of carbonyl (C=O) groups is 1. The molecule has 6 heteroatoms. The summed E-state index contributed by atoms with van der Waals surface area (Å²) in [5, 5.41) is 3.05. The monoisotopic (exact) mass is 400 g/mol. The third-order valence-corrected chi connectivity index (χ3v) is 6.50. The number of hydrogen-bond donors (Lipinski definition) is 2. The lowest BCUT2D eigenvalue weighted by Crippen LogP contribution is -2.25. The predicted molar refractivity (Wildman–Crippen MR) is 112 cm³/mol. The summed E-state index contributed by atoms with van der Waals surface area (Å²) < 4.78 is 27.1. The van der Waals surface area contributed by atoms with E-state index in [1.54, 1.807) is 24.3 Å². The van der Waals surface area contributed by atoms with Crippen LogP contribution in [0, 0.1) is 6.92 Å². The Kier molecular flexibility index (Phi) is 6.20. The zero-order valence-corrected chi connectivity index (χ0v) is 17.5. The van der Waals surface area contributed by atoms with E-state index in [0.29, 0.717) is 18.8 Å². The van der Waals surface area contributed by atoms with Crippen molar-refractivity contribution in [2.24, 2.45) is 0 Å². The Bertz CT molecular complexity index is 946. The lowest BCUT2D eigenvalue weighted by Gasteiger charge is -2.16. The molecule has 28 heavy (non-hydrogen) atoms. The number of nitrogens with one attached hydrogen (secondary N) is 2. The molecule has 1 saturated carbocycles. The normalized spacial score (nSPS) is 14.3. The topological polar surface area (TPSA) is 75.3 Å². The van der Waals surface area contributed by atoms with Gasteiger partial charge in [-0.05, 0) is 60.9 Å². The minimum atomic E-state index is -3.43. The molecule has 5 nitrogen and oxygen atoms in total. The van der Waals surface area contributed by atoms with Crippen LogP contribution in [0.2, 0.25) is 0 Å². The number of rotatable bonds is 8. The number of sulfonamides is 1. The van der Waals surface area contributed by atoms with Gasteiger partial charge in [0, 0.05) is 18.2 Å². The van der Waals surface area contributed by atoms with Gasteiger partial charge in [-0.2, -0.15) is 0 Å². The van der Waals surface area contributed by atoms with Crippen LogP contribution in [-0.4, -0.2) is 20.4 Å². The predicted octanol–water partition coefficient (Wildman–Crippen LogP) is 4.13. The molecule has 150 valence electrons. The minimum Gasteiger partial charge on any atom is -0.326 e. The van der Waals surface area contributed by atoms with Crippen molar-refractivity contribution in [2.45, 2.75) is 63.3 Å². The van der Waals surface area contributed by atoms with E-state index in [2.05, 4.69) is 23.9 Å². The maximum Gasteiger partial charge on any atom is 0.240 e. The second-order valence-corrected chi connectivity index (χ2v) is 9.50. The van der Waals surface area contributed by atoms with Gasteiger partial charge in [-0.1, -0.05) is 44.2 Å². The number of carbonyl (C=O) groups excluding carboxylic acids is 1. The van der Waals surface area contributed by atoms with Gasteiger partial charge in [0.1, 0.15) is 0 Å². The summed E-state index contributed by atoms with van der Waals surface area (Å²) in [5.74, 6) is 0.289. The number of para-hydroxylation sites is 1. The number of amides is 1. The van der Waals surface area contributed by atoms with Gasteiger partial charge in [0.2, 0.25) is 15.9 Å². The van der Waals surface area contributed by atoms with Crippen molar-refractivity contribution in [3.8, 4) is 0 Å². The first-order valence-electron chi connectivity index (χ1n) is 9.77. The Morgan fingerprint density at radius 3 is 2.39 bits per heavy atom. The van der Waals surface area contributed by atoms with Crippen LogP contribution < -0.4 is 10.0 Å². The zero-order chi connectivity index (χ0) is 20.3. The van der Waals surface area contributed by atoms with Crippen molar-refractivity contribution in [3.63, 3.8) is 0 Å². The van der Waals surface area contributed by atoms with Crippen LogP contribution in [0.15, 0.2) is 47.4 Å². The Hall–Kier alpha value is -2.18. The van der Waals surface area contributed by atoms with Crippen LogP contribution in [0.1, 0.15) is 55.7 Å². The third-order valence-electron chi connectivity index (χ3n) is 4.97. The molecule has 0 aromatic heterocycles. The van der Waals surface area contributed by atoms with Crippen molar-refractivity contribution in [2.75, 3.05) is 5.32 Å². The molecule has 0 atom stereocenters. The Labute approximate surface area is 167 Å². The van der Waals surface area contributed by atoms with Gasteiger partial charge in [-0.25, -0.2) is 13.1 Å². The second-order valence-electron chi connectivity index (χ2n) is 7.78. The highest BCUT2D eigenvalue weighted by molar-refractivity contribution is 7.89. The Morgan fingerprint density at radius 1 is 1.11 bits per heavy atom. The molecule has 1 amide bonds. The smallest absolute Gasteiger partial charge is 0.240 e. The number of anilines is 1. The fourth-order valence-electron chi connectivity index (χ4n) is 3.13. The van der Waals surface area contributed by atoms with E-state index < -0.39 is 10.0 Å². The first kappa shape index (κ1) is 20.6. The van der Waals surface area contributed by atoms with E-state index in [0.717, 1.165) is 35.2 Å². The van der Waals surface area contributed by atoms with Gasteiger partial charge in [-0.15, -0.1) is 0 Å². The standard InChI is InChI=1S/C22H28N2O3S/c1-15(2)20-6-4-5-16(3)22(20)23-21(25)14-9-17-7-12-19(13-8-17)28(26,27)24-18-10-11-18/h4-8,12-13,15,18,24H,9-11,14H2,1-3H3,(H,23,25). The van der Waals surface area contributed by atoms with Crippen LogP contribution in [0.5, 0.6) is 0 Å². The quantitative estimate of drug-likeness (QED) is 0.700. The highest BCUT2D eigenvalue weighted by atomic mass is 32.2. The average molecular weight is 401 g/mol. The van der Waals surface area contributed by atoms with E-state index in [4.69, 9.17) is 0 Å². The molecule has 2 N–H and O–H groups in total. The largest absolute Gasteiger partial charge is 0.326 e. The van der Waals surface area contributed by atoms with Gasteiger partial charge >= 0.3 is 0 Å². The van der Waals surface area contributed by atoms with Crippen LogP contribution in [0.4, 0.5) is 5.69 Å². The van der Waals surface area contributed by atoms with Crippen molar-refractivity contribution < 1.29 is 13.2 Å². The van der Waals surface area contributed by atoms with Gasteiger partial charge in [0.15, 0.2) is 0 Å². The Morgan fingerprint density at radius 2 is 1.79 bits per heavy atom. The molecule has 1 aliphatic rings. The van der Waals surface area contributed by atoms with Crippen LogP contribution >= 0.6 is 0 Å². The van der Waals surface area contributed by atoms with Crippen molar-refractivity contribution in [1.82, 2.24) is 4.72 Å². The lowest BCUT2D eigenvalue weighted by atomic mass is 9.98. The molecule has 0 bridgehead atoms. The molecule has 2 aromatic carbocycles. The van der Waals surface area contributed by atoms with Crippen LogP contribution in [0.25, 0.3) is 0 Å². The van der Waals surface area contributed by atoms with Gasteiger partial charge < -0.3 is 5.32 Å². The molecule has 0 unspecified atom stereocenters. The fraction of sp³-hybridized carbons (Fsp3) is 0.409. The molecule has 1 fully saturated rings. The minimum absolute atomic E-state index is 0.0386. The molecule has 0 saturated heterocycles. The first-order chi connectivity index (χ1) is 13.3. The van der Waals surface area contributed by atoms with E-state index in [1.807, 2.05) is 25.1 Å². The maximum atomic E-state index is 12.5. The molecular formula is C22H28N2O3S. The van der Waals surface area contributed by atoms with Crippen molar-refractivity contribution >= 4 is 21.6 Å². The number of benzene rings is 2.